The van der Waals surface area contributed by atoms with E-state index in [0.29, 0.717) is 29.7 Å². The summed E-state index contributed by atoms with van der Waals surface area (Å²) < 4.78 is 5.14. The quantitative estimate of drug-likeness (QED) is 0.846. The molecule has 0 aliphatic carbocycles. The van der Waals surface area contributed by atoms with Crippen LogP contribution in [0.3, 0.4) is 0 Å². The molecule has 1 fully saturated rings. The van der Waals surface area contributed by atoms with Crippen LogP contribution in [0.2, 0.25) is 5.02 Å². The van der Waals surface area contributed by atoms with Crippen LogP contribution in [0.25, 0.3) is 0 Å². The third kappa shape index (κ3) is 2.33. The monoisotopic (exact) mass is 277 g/mol. The van der Waals surface area contributed by atoms with Gasteiger partial charge in [0.2, 0.25) is 11.8 Å². The number of rotatable bonds is 2. The maximum atomic E-state index is 12.1. The maximum absolute atomic E-state index is 12.1. The summed E-state index contributed by atoms with van der Waals surface area (Å²) in [5, 5.41) is 4.41. The van der Waals surface area contributed by atoms with Crippen molar-refractivity contribution in [2.45, 2.75) is 19.3 Å². The number of nitrogens with zero attached hydrogens (tertiary/aromatic N) is 3. The summed E-state index contributed by atoms with van der Waals surface area (Å²) >= 11 is 5.85. The van der Waals surface area contributed by atoms with Gasteiger partial charge in [0.1, 0.15) is 0 Å². The number of carbonyl (C=O) groups is 1. The van der Waals surface area contributed by atoms with Crippen molar-refractivity contribution in [3.05, 3.63) is 41.0 Å². The van der Waals surface area contributed by atoms with Crippen LogP contribution in [0.1, 0.15) is 24.1 Å². The molecule has 2 aromatic rings. The lowest BCUT2D eigenvalue weighted by molar-refractivity contribution is -0.117. The van der Waals surface area contributed by atoms with Gasteiger partial charge >= 0.3 is 0 Å². The Morgan fingerprint density at radius 2 is 2.11 bits per heavy atom. The topological polar surface area (TPSA) is 59.2 Å². The van der Waals surface area contributed by atoms with Gasteiger partial charge in [-0.15, -0.1) is 0 Å². The second kappa shape index (κ2) is 4.66. The average Bonchev–Trinajstić information content (AvgIpc) is 2.97. The van der Waals surface area contributed by atoms with Gasteiger partial charge in [0, 0.05) is 23.7 Å². The fourth-order valence-electron chi connectivity index (χ4n) is 2.22. The lowest BCUT2D eigenvalue weighted by atomic mass is 10.1. The van der Waals surface area contributed by atoms with Crippen LogP contribution in [-0.2, 0) is 4.79 Å². The highest BCUT2D eigenvalue weighted by Gasteiger charge is 2.34. The molecule has 1 unspecified atom stereocenters. The fraction of sp³-hybridized carbons (Fsp3) is 0.308. The zero-order valence-corrected chi connectivity index (χ0v) is 11.1. The molecule has 0 saturated carbocycles. The van der Waals surface area contributed by atoms with E-state index in [1.165, 1.54) is 0 Å². The molecular weight excluding hydrogens is 266 g/mol. The molecule has 98 valence electrons. The number of hydrogen-bond acceptors (Lipinski definition) is 4. The molecule has 1 aromatic heterocycles. The van der Waals surface area contributed by atoms with Gasteiger partial charge in [-0.05, 0) is 31.2 Å². The summed E-state index contributed by atoms with van der Waals surface area (Å²) in [7, 11) is 0. The minimum Gasteiger partial charge on any atom is -0.339 e. The lowest BCUT2D eigenvalue weighted by Crippen LogP contribution is -2.24. The number of halogens is 1. The van der Waals surface area contributed by atoms with Crippen molar-refractivity contribution < 1.29 is 9.32 Å². The largest absolute Gasteiger partial charge is 0.339 e. The highest BCUT2D eigenvalue weighted by Crippen LogP contribution is 2.31. The molecule has 2 heterocycles. The molecule has 6 heteroatoms. The summed E-state index contributed by atoms with van der Waals surface area (Å²) in [5.74, 6) is 1.14. The Morgan fingerprint density at radius 1 is 1.37 bits per heavy atom. The Labute approximate surface area is 115 Å². The normalized spacial score (nSPS) is 19.2. The van der Waals surface area contributed by atoms with Gasteiger partial charge in [-0.25, -0.2) is 0 Å². The van der Waals surface area contributed by atoms with Gasteiger partial charge < -0.3 is 9.42 Å². The number of hydrogen-bond donors (Lipinski definition) is 0. The van der Waals surface area contributed by atoms with Crippen LogP contribution in [0.5, 0.6) is 0 Å². The number of carbonyl (C=O) groups excluding carboxylic acids is 1. The molecule has 19 heavy (non-hydrogen) atoms. The second-order valence-electron chi connectivity index (χ2n) is 4.56. The van der Waals surface area contributed by atoms with Crippen molar-refractivity contribution in [3.63, 3.8) is 0 Å². The van der Waals surface area contributed by atoms with Crippen molar-refractivity contribution in [1.82, 2.24) is 10.1 Å². The molecule has 5 nitrogen and oxygen atoms in total. The van der Waals surface area contributed by atoms with Crippen molar-refractivity contribution in [2.75, 3.05) is 11.4 Å². The molecule has 1 saturated heterocycles. The molecule has 3 rings (SSSR count). The van der Waals surface area contributed by atoms with Crippen LogP contribution in [0, 0.1) is 6.92 Å². The fourth-order valence-corrected chi connectivity index (χ4v) is 2.35. The van der Waals surface area contributed by atoms with Gasteiger partial charge in [-0.1, -0.05) is 16.8 Å². The van der Waals surface area contributed by atoms with E-state index in [1.54, 1.807) is 24.0 Å². The van der Waals surface area contributed by atoms with E-state index in [0.717, 1.165) is 5.69 Å². The Bertz CT molecular complexity index is 609. The zero-order valence-electron chi connectivity index (χ0n) is 10.3. The Balaban J connectivity index is 1.82. The Morgan fingerprint density at radius 3 is 2.74 bits per heavy atom. The molecule has 1 amide bonds. The van der Waals surface area contributed by atoms with Crippen molar-refractivity contribution in [2.24, 2.45) is 0 Å². The van der Waals surface area contributed by atoms with E-state index >= 15 is 0 Å². The van der Waals surface area contributed by atoms with Crippen molar-refractivity contribution in [3.8, 4) is 0 Å². The van der Waals surface area contributed by atoms with Crippen molar-refractivity contribution >= 4 is 23.2 Å². The highest BCUT2D eigenvalue weighted by molar-refractivity contribution is 6.30. The van der Waals surface area contributed by atoms with Crippen molar-refractivity contribution in [1.29, 1.82) is 0 Å². The minimum absolute atomic E-state index is 0.0376. The van der Waals surface area contributed by atoms with E-state index in [4.69, 9.17) is 16.1 Å². The molecule has 0 radical (unpaired) electrons. The predicted molar refractivity (Wildman–Crippen MR) is 70.2 cm³/mol. The average molecular weight is 278 g/mol. The molecule has 1 aliphatic rings. The maximum Gasteiger partial charge on any atom is 0.232 e. The van der Waals surface area contributed by atoms with E-state index in [2.05, 4.69) is 10.1 Å². The zero-order chi connectivity index (χ0) is 13.4. The smallest absolute Gasteiger partial charge is 0.232 e. The Hall–Kier alpha value is -1.88. The minimum atomic E-state index is -0.0376. The van der Waals surface area contributed by atoms with Crippen LogP contribution in [0.4, 0.5) is 5.69 Å². The van der Waals surface area contributed by atoms with Gasteiger partial charge in [0.05, 0.1) is 5.92 Å². The van der Waals surface area contributed by atoms with Crippen LogP contribution in [-0.4, -0.2) is 22.6 Å². The van der Waals surface area contributed by atoms with Gasteiger partial charge in [0.15, 0.2) is 5.82 Å². The third-order valence-electron chi connectivity index (χ3n) is 3.16. The molecule has 0 spiro atoms. The second-order valence-corrected chi connectivity index (χ2v) is 5.00. The number of benzene rings is 1. The molecule has 1 aliphatic heterocycles. The highest BCUT2D eigenvalue weighted by atomic mass is 35.5. The lowest BCUT2D eigenvalue weighted by Gasteiger charge is -2.15. The first kappa shape index (κ1) is 12.2. The van der Waals surface area contributed by atoms with E-state index in [-0.39, 0.29) is 11.8 Å². The van der Waals surface area contributed by atoms with Crippen LogP contribution < -0.4 is 4.90 Å². The molecule has 0 bridgehead atoms. The summed E-state index contributed by atoms with van der Waals surface area (Å²) in [4.78, 5) is 18.0. The van der Waals surface area contributed by atoms with Gasteiger partial charge in [-0.2, -0.15) is 4.98 Å². The molecular formula is C13H12ClN3O2. The third-order valence-corrected chi connectivity index (χ3v) is 3.41. The predicted octanol–water partition coefficient (Wildman–Crippen LogP) is 2.55. The summed E-state index contributed by atoms with van der Waals surface area (Å²) in [6, 6.07) is 7.21. The van der Waals surface area contributed by atoms with Gasteiger partial charge in [0.25, 0.3) is 0 Å². The van der Waals surface area contributed by atoms with E-state index < -0.39 is 0 Å². The summed E-state index contributed by atoms with van der Waals surface area (Å²) in [6.45, 7) is 2.32. The summed E-state index contributed by atoms with van der Waals surface area (Å²) in [5.41, 5.74) is 0.841. The standard InChI is InChI=1S/C13H12ClN3O2/c1-8-15-13(19-16-8)9-6-12(18)17(7-9)11-4-2-10(14)3-5-11/h2-5,9H,6-7H2,1H3. The summed E-state index contributed by atoms with van der Waals surface area (Å²) in [6.07, 6.45) is 0.393. The van der Waals surface area contributed by atoms with Gasteiger partial charge in [-0.3, -0.25) is 4.79 Å². The SMILES string of the molecule is Cc1noc(C2CC(=O)N(c3ccc(Cl)cc3)C2)n1. The van der Waals surface area contributed by atoms with Crippen LogP contribution >= 0.6 is 11.6 Å². The number of aryl methyl sites for hydroxylation is 1. The number of anilines is 1. The Kier molecular flexibility index (Phi) is 2.98. The molecule has 1 aromatic carbocycles. The van der Waals surface area contributed by atoms with E-state index in [1.807, 2.05) is 12.1 Å². The van der Waals surface area contributed by atoms with E-state index in [9.17, 15) is 4.79 Å². The van der Waals surface area contributed by atoms with Crippen LogP contribution in [0.15, 0.2) is 28.8 Å². The first-order valence-corrected chi connectivity index (χ1v) is 6.37. The number of amides is 1. The number of aromatic nitrogens is 2. The molecule has 0 N–H and O–H groups in total. The molecule has 1 atom stereocenters. The first-order chi connectivity index (χ1) is 9.13. The first-order valence-electron chi connectivity index (χ1n) is 5.99.